The van der Waals surface area contributed by atoms with E-state index in [0.29, 0.717) is 46.7 Å². The second kappa shape index (κ2) is 7.80. The van der Waals surface area contributed by atoms with Crippen LogP contribution in [0.3, 0.4) is 0 Å². The van der Waals surface area contributed by atoms with Crippen LogP contribution in [0.5, 0.6) is 5.75 Å². The molecule has 0 aromatic heterocycles. The number of amides is 2. The smallest absolute Gasteiger partial charge is 0.233 e. The molecule has 33 heavy (non-hydrogen) atoms. The monoisotopic (exact) mass is 465 g/mol. The average molecular weight is 466 g/mol. The number of hydrogen-bond acceptors (Lipinski definition) is 5. The van der Waals surface area contributed by atoms with Crippen LogP contribution in [0.25, 0.3) is 0 Å². The summed E-state index contributed by atoms with van der Waals surface area (Å²) in [5.74, 6) is -3.01. The molecule has 4 atom stereocenters. The van der Waals surface area contributed by atoms with Gasteiger partial charge in [-0.2, -0.15) is 0 Å². The van der Waals surface area contributed by atoms with Gasteiger partial charge in [-0.05, 0) is 56.4 Å². The summed E-state index contributed by atoms with van der Waals surface area (Å²) in [6.07, 6.45) is 4.57. The van der Waals surface area contributed by atoms with Gasteiger partial charge >= 0.3 is 0 Å². The van der Waals surface area contributed by atoms with E-state index in [2.05, 4.69) is 0 Å². The largest absolute Gasteiger partial charge is 0.508 e. The summed E-state index contributed by atoms with van der Waals surface area (Å²) in [4.78, 5) is 54.0. The number of imide groups is 1. The van der Waals surface area contributed by atoms with Crippen molar-refractivity contribution in [3.63, 3.8) is 0 Å². The van der Waals surface area contributed by atoms with Crippen LogP contribution in [0.2, 0.25) is 5.02 Å². The Morgan fingerprint density at radius 1 is 1.12 bits per heavy atom. The normalized spacial score (nSPS) is 29.0. The number of benzene rings is 1. The second-order valence-electron chi connectivity index (χ2n) is 9.26. The molecule has 170 valence electrons. The highest BCUT2D eigenvalue weighted by molar-refractivity contribution is 6.30. The number of carbonyl (C=O) groups is 4. The molecule has 1 aromatic rings. The van der Waals surface area contributed by atoms with Gasteiger partial charge < -0.3 is 5.11 Å². The first-order valence-corrected chi connectivity index (χ1v) is 11.7. The Morgan fingerprint density at radius 2 is 1.88 bits per heavy atom. The van der Waals surface area contributed by atoms with Crippen LogP contribution in [-0.4, -0.2) is 39.9 Å². The third-order valence-corrected chi connectivity index (χ3v) is 7.64. The highest BCUT2D eigenvalue weighted by Crippen LogP contribution is 2.56. The van der Waals surface area contributed by atoms with Gasteiger partial charge in [0.25, 0.3) is 0 Å². The predicted octanol–water partition coefficient (Wildman–Crippen LogP) is 3.89. The van der Waals surface area contributed by atoms with Gasteiger partial charge in [0.15, 0.2) is 11.6 Å². The lowest BCUT2D eigenvalue weighted by Gasteiger charge is -2.42. The summed E-state index contributed by atoms with van der Waals surface area (Å²) in [5, 5.41) is 11.1. The van der Waals surface area contributed by atoms with E-state index in [4.69, 9.17) is 11.6 Å². The fraction of sp³-hybridized carbons (Fsp3) is 0.385. The summed E-state index contributed by atoms with van der Waals surface area (Å²) in [7, 11) is 0. The van der Waals surface area contributed by atoms with E-state index >= 15 is 0 Å². The number of halogens is 1. The summed E-state index contributed by atoms with van der Waals surface area (Å²) < 4.78 is 0. The minimum Gasteiger partial charge on any atom is -0.508 e. The Bertz CT molecular complexity index is 1220. The number of aromatic hydroxyl groups is 1. The maximum Gasteiger partial charge on any atom is 0.233 e. The van der Waals surface area contributed by atoms with Gasteiger partial charge in [0.2, 0.25) is 11.8 Å². The molecule has 2 amide bonds. The first-order valence-electron chi connectivity index (χ1n) is 11.3. The molecule has 7 heteroatoms. The van der Waals surface area contributed by atoms with E-state index in [1.165, 1.54) is 17.0 Å². The van der Waals surface area contributed by atoms with Crippen molar-refractivity contribution in [2.75, 3.05) is 6.54 Å². The van der Waals surface area contributed by atoms with Gasteiger partial charge in [0.05, 0.1) is 11.8 Å². The van der Waals surface area contributed by atoms with Crippen LogP contribution in [0.1, 0.15) is 44.6 Å². The van der Waals surface area contributed by atoms with Crippen molar-refractivity contribution in [2.45, 2.75) is 39.0 Å². The van der Waals surface area contributed by atoms with Crippen molar-refractivity contribution >= 4 is 35.0 Å². The van der Waals surface area contributed by atoms with Crippen molar-refractivity contribution in [3.8, 4) is 5.75 Å². The molecule has 4 aliphatic rings. The SMILES string of the molecule is CCCN1C(=O)C2CC=C3C(c4cc(Cl)ccc4O)C4=C(CC3C2C1=O)C(=O)C(C)=CC4=O. The zero-order valence-electron chi connectivity index (χ0n) is 18.4. The fourth-order valence-electron chi connectivity index (χ4n) is 6.00. The third kappa shape index (κ3) is 3.15. The molecule has 1 saturated heterocycles. The standard InChI is InChI=1S/C26H24ClNO5/c1-3-8-28-25(32)15-6-5-14-16(22(15)26(28)33)11-18-23(20(30)9-12(2)24(18)31)21(14)17-10-13(27)4-7-19(17)29/h4-5,7,9-10,15-16,21-22,29H,3,6,8,11H2,1-2H3. The summed E-state index contributed by atoms with van der Waals surface area (Å²) in [5.41, 5.74) is 2.31. The number of likely N-dealkylation sites (tertiary alicyclic amines) is 1. The Balaban J connectivity index is 1.70. The third-order valence-electron chi connectivity index (χ3n) is 7.40. The number of allylic oxidation sites excluding steroid dienone is 6. The maximum atomic E-state index is 13.4. The topological polar surface area (TPSA) is 91.8 Å². The summed E-state index contributed by atoms with van der Waals surface area (Å²) in [6, 6.07) is 4.63. The van der Waals surface area contributed by atoms with Gasteiger partial charge in [-0.15, -0.1) is 0 Å². The van der Waals surface area contributed by atoms with Gasteiger partial charge in [0.1, 0.15) is 5.75 Å². The Morgan fingerprint density at radius 3 is 2.61 bits per heavy atom. The van der Waals surface area contributed by atoms with Gasteiger partial charge in [-0.1, -0.05) is 30.2 Å². The van der Waals surface area contributed by atoms with E-state index in [9.17, 15) is 24.3 Å². The molecular formula is C26H24ClNO5. The van der Waals surface area contributed by atoms with Crippen molar-refractivity contribution in [2.24, 2.45) is 17.8 Å². The molecule has 1 N–H and O–H groups in total. The average Bonchev–Trinajstić information content (AvgIpc) is 3.03. The van der Waals surface area contributed by atoms with Crippen LogP contribution in [0, 0.1) is 17.8 Å². The molecule has 1 aromatic carbocycles. The molecule has 0 saturated carbocycles. The van der Waals surface area contributed by atoms with Gasteiger partial charge in [-0.3, -0.25) is 24.1 Å². The lowest BCUT2D eigenvalue weighted by atomic mass is 9.59. The predicted molar refractivity (Wildman–Crippen MR) is 121 cm³/mol. The molecule has 1 fully saturated rings. The van der Waals surface area contributed by atoms with E-state index in [1.54, 1.807) is 19.1 Å². The number of ketones is 2. The summed E-state index contributed by atoms with van der Waals surface area (Å²) in [6.45, 7) is 3.90. The minimum atomic E-state index is -0.692. The molecule has 6 nitrogen and oxygen atoms in total. The summed E-state index contributed by atoms with van der Waals surface area (Å²) >= 11 is 6.24. The number of hydrogen-bond donors (Lipinski definition) is 1. The number of fused-ring (bicyclic) bond motifs is 3. The van der Waals surface area contributed by atoms with Crippen molar-refractivity contribution in [3.05, 3.63) is 63.2 Å². The Kier molecular flexibility index (Phi) is 5.16. The highest BCUT2D eigenvalue weighted by Gasteiger charge is 2.56. The molecule has 3 aliphatic carbocycles. The van der Waals surface area contributed by atoms with E-state index in [0.717, 1.165) is 5.57 Å². The number of rotatable bonds is 3. The van der Waals surface area contributed by atoms with E-state index < -0.39 is 23.7 Å². The molecule has 0 bridgehead atoms. The first kappa shape index (κ1) is 21.8. The lowest BCUT2D eigenvalue weighted by molar-refractivity contribution is -0.140. The van der Waals surface area contributed by atoms with Crippen molar-refractivity contribution in [1.82, 2.24) is 4.90 Å². The van der Waals surface area contributed by atoms with Gasteiger partial charge in [-0.25, -0.2) is 0 Å². The minimum absolute atomic E-state index is 0.0344. The maximum absolute atomic E-state index is 13.4. The Labute approximate surface area is 196 Å². The number of phenols is 1. The lowest BCUT2D eigenvalue weighted by Crippen LogP contribution is -2.39. The van der Waals surface area contributed by atoms with Crippen LogP contribution in [0.4, 0.5) is 0 Å². The number of Topliss-reactive ketones (excluding diaryl/α,β-unsaturated/α-hetero) is 1. The van der Waals surface area contributed by atoms with Crippen molar-refractivity contribution < 1.29 is 24.3 Å². The number of phenolic OH excluding ortho intramolecular Hbond substituents is 1. The quantitative estimate of drug-likeness (QED) is 0.415. The molecule has 4 unspecified atom stereocenters. The van der Waals surface area contributed by atoms with Crippen molar-refractivity contribution in [1.29, 1.82) is 0 Å². The van der Waals surface area contributed by atoms with E-state index in [1.807, 2.05) is 13.0 Å². The molecule has 1 aliphatic heterocycles. The highest BCUT2D eigenvalue weighted by atomic mass is 35.5. The Hall–Kier alpha value is -2.99. The second-order valence-corrected chi connectivity index (χ2v) is 9.70. The molecular weight excluding hydrogens is 442 g/mol. The fourth-order valence-corrected chi connectivity index (χ4v) is 6.18. The number of nitrogens with zero attached hydrogens (tertiary/aromatic N) is 1. The first-order chi connectivity index (χ1) is 15.7. The zero-order chi connectivity index (χ0) is 23.6. The molecule has 0 radical (unpaired) electrons. The molecule has 0 spiro atoms. The van der Waals surface area contributed by atoms with Crippen LogP contribution >= 0.6 is 11.6 Å². The molecule has 1 heterocycles. The molecule has 5 rings (SSSR count). The van der Waals surface area contributed by atoms with Gasteiger partial charge in [0, 0.05) is 39.8 Å². The van der Waals surface area contributed by atoms with Crippen LogP contribution in [0.15, 0.2) is 52.6 Å². The number of carbonyl (C=O) groups excluding carboxylic acids is 4. The van der Waals surface area contributed by atoms with E-state index in [-0.39, 0.29) is 35.6 Å². The zero-order valence-corrected chi connectivity index (χ0v) is 19.2. The van der Waals surface area contributed by atoms with Crippen LogP contribution < -0.4 is 0 Å². The van der Waals surface area contributed by atoms with Crippen LogP contribution in [-0.2, 0) is 19.2 Å².